The number of rotatable bonds is 5. The summed E-state index contributed by atoms with van der Waals surface area (Å²) in [5, 5.41) is 4.46. The minimum Gasteiger partial charge on any atom is -0.352 e. The molecule has 7 rings (SSSR count). The summed E-state index contributed by atoms with van der Waals surface area (Å²) in [5.74, 6) is -0.255. The van der Waals surface area contributed by atoms with E-state index >= 15 is 0 Å². The van der Waals surface area contributed by atoms with Crippen LogP contribution in [0.25, 0.3) is 28.1 Å². The third-order valence-corrected chi connectivity index (χ3v) is 8.38. The Labute approximate surface area is 233 Å². The molecule has 7 heteroatoms. The number of likely N-dealkylation sites (tertiary alicyclic amines) is 1. The van der Waals surface area contributed by atoms with Crippen LogP contribution >= 0.6 is 0 Å². The van der Waals surface area contributed by atoms with Gasteiger partial charge >= 0.3 is 0 Å². The largest absolute Gasteiger partial charge is 0.352 e. The van der Waals surface area contributed by atoms with Crippen LogP contribution in [0.15, 0.2) is 90.2 Å². The lowest BCUT2D eigenvalue weighted by atomic mass is 10.0. The first-order valence-electron chi connectivity index (χ1n) is 14.4. The molecule has 0 unspecified atom stereocenters. The summed E-state index contributed by atoms with van der Waals surface area (Å²) in [7, 11) is 0. The fourth-order valence-electron chi connectivity index (χ4n) is 6.36. The molecule has 0 spiro atoms. The highest BCUT2D eigenvalue weighted by atomic mass is 19.1. The van der Waals surface area contributed by atoms with E-state index in [1.165, 1.54) is 37.8 Å². The average Bonchev–Trinajstić information content (AvgIpc) is 3.53. The molecule has 0 amide bonds. The molecule has 0 bridgehead atoms. The van der Waals surface area contributed by atoms with E-state index in [0.717, 1.165) is 76.8 Å². The van der Waals surface area contributed by atoms with Crippen LogP contribution in [0, 0.1) is 5.82 Å². The Morgan fingerprint density at radius 1 is 0.875 bits per heavy atom. The van der Waals surface area contributed by atoms with Gasteiger partial charge in [-0.3, -0.25) is 9.98 Å². The molecule has 2 fully saturated rings. The van der Waals surface area contributed by atoms with Crippen LogP contribution in [0.2, 0.25) is 0 Å². The molecule has 40 heavy (non-hydrogen) atoms. The first-order chi connectivity index (χ1) is 19.7. The molecule has 6 nitrogen and oxygen atoms in total. The van der Waals surface area contributed by atoms with Crippen LogP contribution in [0.5, 0.6) is 0 Å². The number of aromatic nitrogens is 3. The minimum absolute atomic E-state index is 0.255. The zero-order chi connectivity index (χ0) is 26.9. The highest BCUT2D eigenvalue weighted by Crippen LogP contribution is 2.31. The van der Waals surface area contributed by atoms with Gasteiger partial charge in [0.2, 0.25) is 0 Å². The van der Waals surface area contributed by atoms with Crippen molar-refractivity contribution in [1.29, 1.82) is 0 Å². The van der Waals surface area contributed by atoms with Gasteiger partial charge in [0.25, 0.3) is 0 Å². The molecule has 1 aromatic heterocycles. The molecule has 1 saturated carbocycles. The summed E-state index contributed by atoms with van der Waals surface area (Å²) in [6.45, 7) is 2.22. The number of fused-ring (bicyclic) bond motifs is 2. The Hall–Kier alpha value is -4.10. The summed E-state index contributed by atoms with van der Waals surface area (Å²) in [4.78, 5) is 17.3. The molecular formula is C33H33FN6. The molecule has 2 aliphatic carbocycles. The van der Waals surface area contributed by atoms with Crippen molar-refractivity contribution < 1.29 is 4.39 Å². The topological polar surface area (TPSA) is 58.3 Å². The van der Waals surface area contributed by atoms with E-state index in [2.05, 4.69) is 38.0 Å². The summed E-state index contributed by atoms with van der Waals surface area (Å²) in [6, 6.07) is 23.9. The second kappa shape index (κ2) is 10.8. The molecular weight excluding hydrogens is 499 g/mol. The number of piperidine rings is 1. The van der Waals surface area contributed by atoms with E-state index in [0.29, 0.717) is 0 Å². The van der Waals surface area contributed by atoms with Crippen LogP contribution < -0.4 is 10.7 Å². The SMILES string of the molecule is Fc1ccc(-n2c3cc(=NC4CCN(C5CCCC5)CC4)c(Nc4cccnc4)cc-3nc3ccccc32)cc1. The number of hydrogen-bond donors (Lipinski definition) is 1. The van der Waals surface area contributed by atoms with Gasteiger partial charge in [-0.1, -0.05) is 25.0 Å². The molecule has 1 saturated heterocycles. The molecule has 3 heterocycles. The number of pyridine rings is 1. The second-order valence-corrected chi connectivity index (χ2v) is 11.0. The summed E-state index contributed by atoms with van der Waals surface area (Å²) >= 11 is 0. The first-order valence-corrected chi connectivity index (χ1v) is 14.4. The van der Waals surface area contributed by atoms with Crippen LogP contribution in [-0.2, 0) is 0 Å². The van der Waals surface area contributed by atoms with Crippen molar-refractivity contribution in [3.8, 4) is 17.1 Å². The van der Waals surface area contributed by atoms with E-state index < -0.39 is 0 Å². The van der Waals surface area contributed by atoms with E-state index in [9.17, 15) is 4.39 Å². The maximum Gasteiger partial charge on any atom is 0.123 e. The number of anilines is 2. The molecule has 3 aromatic rings. The summed E-state index contributed by atoms with van der Waals surface area (Å²) in [5.41, 5.74) is 6.30. The molecule has 4 aliphatic rings. The van der Waals surface area contributed by atoms with E-state index in [1.54, 1.807) is 6.20 Å². The Morgan fingerprint density at radius 3 is 2.45 bits per heavy atom. The summed E-state index contributed by atoms with van der Waals surface area (Å²) < 4.78 is 16.0. The van der Waals surface area contributed by atoms with Gasteiger partial charge in [-0.2, -0.15) is 0 Å². The van der Waals surface area contributed by atoms with Gasteiger partial charge < -0.3 is 14.8 Å². The molecule has 2 aliphatic heterocycles. The van der Waals surface area contributed by atoms with Gasteiger partial charge in [-0.05, 0) is 86.3 Å². The van der Waals surface area contributed by atoms with E-state index in [4.69, 9.17) is 9.98 Å². The molecule has 202 valence electrons. The number of benzene rings is 3. The molecule has 2 aromatic carbocycles. The van der Waals surface area contributed by atoms with Crippen molar-refractivity contribution >= 4 is 22.4 Å². The Bertz CT molecular complexity index is 1650. The zero-order valence-electron chi connectivity index (χ0n) is 22.5. The standard InChI is InChI=1S/C33H33FN6/c34-23-11-13-27(14-12-23)40-32-10-4-3-9-28(32)38-31-20-29(37-25-6-5-17-35-22-25)30(21-33(31)40)36-24-15-18-39(19-16-24)26-7-1-2-8-26/h3-6,9-14,17,20-22,24,26,37H,1-2,7-8,15-16,18-19H2. The van der Waals surface area contributed by atoms with Crippen LogP contribution in [0.1, 0.15) is 38.5 Å². The Kier molecular flexibility index (Phi) is 6.73. The Morgan fingerprint density at radius 2 is 1.68 bits per heavy atom. The highest BCUT2D eigenvalue weighted by molar-refractivity contribution is 5.84. The highest BCUT2D eigenvalue weighted by Gasteiger charge is 2.27. The fourth-order valence-corrected chi connectivity index (χ4v) is 6.36. The van der Waals surface area contributed by atoms with Crippen LogP contribution in [-0.4, -0.2) is 44.6 Å². The van der Waals surface area contributed by atoms with Crippen molar-refractivity contribution in [3.63, 3.8) is 0 Å². The smallest absolute Gasteiger partial charge is 0.123 e. The van der Waals surface area contributed by atoms with Crippen LogP contribution in [0.3, 0.4) is 0 Å². The first kappa shape index (κ1) is 24.9. The number of nitrogens with zero attached hydrogens (tertiary/aromatic N) is 5. The van der Waals surface area contributed by atoms with Crippen molar-refractivity contribution in [2.75, 3.05) is 18.4 Å². The summed E-state index contributed by atoms with van der Waals surface area (Å²) in [6.07, 6.45) is 11.1. The van der Waals surface area contributed by atoms with Crippen molar-refractivity contribution in [3.05, 3.63) is 96.4 Å². The lowest BCUT2D eigenvalue weighted by molar-refractivity contribution is 0.154. The van der Waals surface area contributed by atoms with Crippen LogP contribution in [0.4, 0.5) is 15.8 Å². The maximum absolute atomic E-state index is 13.9. The molecule has 1 N–H and O–H groups in total. The normalized spacial score (nSPS) is 17.7. The Balaban J connectivity index is 1.36. The van der Waals surface area contributed by atoms with Gasteiger partial charge in [0, 0.05) is 31.0 Å². The quantitative estimate of drug-likeness (QED) is 0.256. The maximum atomic E-state index is 13.9. The van der Waals surface area contributed by atoms with E-state index in [-0.39, 0.29) is 11.9 Å². The van der Waals surface area contributed by atoms with E-state index in [1.807, 2.05) is 48.7 Å². The predicted molar refractivity (Wildman–Crippen MR) is 158 cm³/mol. The monoisotopic (exact) mass is 532 g/mol. The van der Waals surface area contributed by atoms with Crippen molar-refractivity contribution in [1.82, 2.24) is 19.4 Å². The third kappa shape index (κ3) is 4.97. The lowest BCUT2D eigenvalue weighted by Crippen LogP contribution is -2.41. The predicted octanol–water partition coefficient (Wildman–Crippen LogP) is 6.72. The van der Waals surface area contributed by atoms with Crippen molar-refractivity contribution in [2.24, 2.45) is 4.99 Å². The average molecular weight is 533 g/mol. The number of para-hydroxylation sites is 2. The molecule has 0 atom stereocenters. The fraction of sp³-hybridized carbons (Fsp3) is 0.303. The van der Waals surface area contributed by atoms with Crippen molar-refractivity contribution in [2.45, 2.75) is 50.6 Å². The van der Waals surface area contributed by atoms with Gasteiger partial charge in [0.15, 0.2) is 0 Å². The number of halogens is 1. The van der Waals surface area contributed by atoms with Gasteiger partial charge in [0.1, 0.15) is 5.82 Å². The second-order valence-electron chi connectivity index (χ2n) is 11.0. The molecule has 0 radical (unpaired) electrons. The zero-order valence-corrected chi connectivity index (χ0v) is 22.5. The van der Waals surface area contributed by atoms with Gasteiger partial charge in [0.05, 0.1) is 51.4 Å². The number of nitrogens with one attached hydrogen (secondary N) is 1. The van der Waals surface area contributed by atoms with Gasteiger partial charge in [-0.15, -0.1) is 0 Å². The lowest BCUT2D eigenvalue weighted by Gasteiger charge is -2.34. The van der Waals surface area contributed by atoms with Gasteiger partial charge in [-0.25, -0.2) is 9.37 Å². The third-order valence-electron chi connectivity index (χ3n) is 8.38. The minimum atomic E-state index is -0.255. The number of hydrogen-bond acceptors (Lipinski definition) is 5.